The van der Waals surface area contributed by atoms with E-state index in [-0.39, 0.29) is 6.61 Å². The van der Waals surface area contributed by atoms with Gasteiger partial charge >= 0.3 is 0 Å². The number of rotatable bonds is 6. The van der Waals surface area contributed by atoms with E-state index in [1.807, 2.05) is 38.4 Å². The molecule has 1 N–H and O–H groups in total. The topological polar surface area (TPSA) is 38.1 Å². The summed E-state index contributed by atoms with van der Waals surface area (Å²) in [6.45, 7) is 6.20. The first kappa shape index (κ1) is 20.1. The molecule has 152 valence electrons. The van der Waals surface area contributed by atoms with Gasteiger partial charge in [-0.3, -0.25) is 0 Å². The van der Waals surface area contributed by atoms with Gasteiger partial charge in [-0.25, -0.2) is 4.98 Å². The second-order valence-electron chi connectivity index (χ2n) is 8.40. The second kappa shape index (κ2) is 7.92. The molecule has 1 aromatic heterocycles. The molecular weight excluding hydrogens is 368 g/mol. The van der Waals surface area contributed by atoms with Crippen molar-refractivity contribution in [2.45, 2.75) is 31.7 Å². The summed E-state index contributed by atoms with van der Waals surface area (Å²) in [5, 5.41) is 9.99. The molecule has 0 atom stereocenters. The van der Waals surface area contributed by atoms with Crippen LogP contribution in [-0.4, -0.2) is 21.3 Å². The summed E-state index contributed by atoms with van der Waals surface area (Å²) < 4.78 is 2.26. The van der Waals surface area contributed by atoms with Crippen LogP contribution in [0.5, 0.6) is 0 Å². The van der Waals surface area contributed by atoms with Crippen molar-refractivity contribution < 1.29 is 5.11 Å². The molecule has 0 saturated heterocycles. The monoisotopic (exact) mass is 396 g/mol. The summed E-state index contributed by atoms with van der Waals surface area (Å²) in [7, 11) is 0. The highest BCUT2D eigenvalue weighted by molar-refractivity contribution is 5.51. The Morgan fingerprint density at radius 1 is 0.733 bits per heavy atom. The summed E-state index contributed by atoms with van der Waals surface area (Å²) in [6, 6.07) is 31.7. The molecule has 0 aliphatic carbocycles. The molecule has 0 saturated carbocycles. The molecule has 0 amide bonds. The molecule has 3 aromatic carbocycles. The average Bonchev–Trinajstić information content (AvgIpc) is 3.19. The SMILES string of the molecule is Cc1c(C(C)(C)CO)ncn1C(c1ccccc1)(c1ccccc1)c1ccccc1. The van der Waals surface area contributed by atoms with E-state index >= 15 is 0 Å². The minimum atomic E-state index is -0.579. The molecule has 0 aliphatic rings. The first-order valence-electron chi connectivity index (χ1n) is 10.3. The van der Waals surface area contributed by atoms with Gasteiger partial charge in [-0.1, -0.05) is 105 Å². The lowest BCUT2D eigenvalue weighted by Gasteiger charge is -2.38. The molecule has 4 rings (SSSR count). The lowest BCUT2D eigenvalue weighted by Crippen LogP contribution is -2.38. The fraction of sp³-hybridized carbons (Fsp3) is 0.222. The highest BCUT2D eigenvalue weighted by atomic mass is 16.3. The zero-order chi connectivity index (χ0) is 21.2. The zero-order valence-corrected chi connectivity index (χ0v) is 17.8. The van der Waals surface area contributed by atoms with E-state index in [0.717, 1.165) is 28.1 Å². The van der Waals surface area contributed by atoms with Crippen molar-refractivity contribution in [2.24, 2.45) is 0 Å². The van der Waals surface area contributed by atoms with Crippen molar-refractivity contribution >= 4 is 0 Å². The maximum absolute atomic E-state index is 9.99. The van der Waals surface area contributed by atoms with Crippen LogP contribution < -0.4 is 0 Å². The van der Waals surface area contributed by atoms with Crippen molar-refractivity contribution in [1.29, 1.82) is 0 Å². The third-order valence-electron chi connectivity index (χ3n) is 5.98. The van der Waals surface area contributed by atoms with Crippen molar-refractivity contribution in [3.05, 3.63) is 125 Å². The highest BCUT2D eigenvalue weighted by Crippen LogP contribution is 2.42. The van der Waals surface area contributed by atoms with E-state index in [9.17, 15) is 5.11 Å². The van der Waals surface area contributed by atoms with Gasteiger partial charge in [0, 0.05) is 11.1 Å². The predicted octanol–water partition coefficient (Wildman–Crippen LogP) is 5.30. The van der Waals surface area contributed by atoms with E-state index in [0.29, 0.717) is 0 Å². The highest BCUT2D eigenvalue weighted by Gasteiger charge is 2.40. The number of aromatic nitrogens is 2. The first-order valence-corrected chi connectivity index (χ1v) is 10.3. The van der Waals surface area contributed by atoms with Crippen LogP contribution in [-0.2, 0) is 11.0 Å². The molecule has 0 unspecified atom stereocenters. The van der Waals surface area contributed by atoms with Crippen LogP contribution in [0.2, 0.25) is 0 Å². The van der Waals surface area contributed by atoms with Gasteiger partial charge < -0.3 is 9.67 Å². The molecule has 0 radical (unpaired) electrons. The molecular formula is C27H28N2O. The Morgan fingerprint density at radius 3 is 1.50 bits per heavy atom. The standard InChI is InChI=1S/C27H28N2O/c1-21-25(26(2,3)19-30)28-20-29(21)27(22-13-7-4-8-14-22,23-15-9-5-10-16-23)24-17-11-6-12-18-24/h4-18,20,30H,19H2,1-3H3. The van der Waals surface area contributed by atoms with Crippen molar-refractivity contribution in [3.8, 4) is 0 Å². The number of imidazole rings is 1. The Morgan fingerprint density at radius 2 is 1.13 bits per heavy atom. The van der Waals surface area contributed by atoms with Crippen LogP contribution in [0, 0.1) is 6.92 Å². The van der Waals surface area contributed by atoms with Crippen molar-refractivity contribution in [2.75, 3.05) is 6.61 Å². The van der Waals surface area contributed by atoms with Crippen LogP contribution in [0.1, 0.15) is 41.9 Å². The number of aliphatic hydroxyl groups is 1. The maximum atomic E-state index is 9.99. The maximum Gasteiger partial charge on any atom is 0.121 e. The number of nitrogens with zero attached hydrogens (tertiary/aromatic N) is 2. The summed E-state index contributed by atoms with van der Waals surface area (Å²) in [5.41, 5.74) is 4.45. The number of hydrogen-bond donors (Lipinski definition) is 1. The van der Waals surface area contributed by atoms with Crippen LogP contribution in [0.3, 0.4) is 0 Å². The molecule has 0 spiro atoms. The van der Waals surface area contributed by atoms with E-state index in [4.69, 9.17) is 4.98 Å². The quantitative estimate of drug-likeness (QED) is 0.449. The van der Waals surface area contributed by atoms with E-state index < -0.39 is 11.0 Å². The Balaban J connectivity index is 2.12. The molecule has 3 heteroatoms. The molecule has 4 aromatic rings. The van der Waals surface area contributed by atoms with Crippen LogP contribution in [0.4, 0.5) is 0 Å². The van der Waals surface area contributed by atoms with E-state index in [1.54, 1.807) is 0 Å². The minimum Gasteiger partial charge on any atom is -0.395 e. The van der Waals surface area contributed by atoms with Gasteiger partial charge in [0.25, 0.3) is 0 Å². The van der Waals surface area contributed by atoms with Crippen molar-refractivity contribution in [1.82, 2.24) is 9.55 Å². The molecule has 0 fully saturated rings. The molecule has 1 heterocycles. The third kappa shape index (κ3) is 3.16. The minimum absolute atomic E-state index is 0.0415. The van der Waals surface area contributed by atoms with Gasteiger partial charge in [0.15, 0.2) is 0 Å². The zero-order valence-electron chi connectivity index (χ0n) is 17.8. The second-order valence-corrected chi connectivity index (χ2v) is 8.40. The lowest BCUT2D eigenvalue weighted by atomic mass is 9.76. The largest absolute Gasteiger partial charge is 0.395 e. The van der Waals surface area contributed by atoms with Crippen molar-refractivity contribution in [3.63, 3.8) is 0 Å². The van der Waals surface area contributed by atoms with Gasteiger partial charge in [0.2, 0.25) is 0 Å². The molecule has 0 aliphatic heterocycles. The molecule has 3 nitrogen and oxygen atoms in total. The van der Waals surface area contributed by atoms with Gasteiger partial charge in [-0.2, -0.15) is 0 Å². The van der Waals surface area contributed by atoms with Gasteiger partial charge in [-0.15, -0.1) is 0 Å². The average molecular weight is 397 g/mol. The molecule has 0 bridgehead atoms. The Kier molecular flexibility index (Phi) is 5.31. The molecule has 30 heavy (non-hydrogen) atoms. The fourth-order valence-electron chi connectivity index (χ4n) is 4.44. The summed E-state index contributed by atoms with van der Waals surface area (Å²) in [5.74, 6) is 0. The Hall–Kier alpha value is -3.17. The summed E-state index contributed by atoms with van der Waals surface area (Å²) >= 11 is 0. The van der Waals surface area contributed by atoms with E-state index in [2.05, 4.69) is 84.3 Å². The van der Waals surface area contributed by atoms with E-state index in [1.165, 1.54) is 0 Å². The van der Waals surface area contributed by atoms with Crippen LogP contribution >= 0.6 is 0 Å². The third-order valence-corrected chi connectivity index (χ3v) is 5.98. The van der Waals surface area contributed by atoms with Gasteiger partial charge in [0.05, 0.1) is 18.6 Å². The summed E-state index contributed by atoms with van der Waals surface area (Å²) in [4.78, 5) is 4.80. The first-order chi connectivity index (χ1) is 14.5. The number of hydrogen-bond acceptors (Lipinski definition) is 2. The predicted molar refractivity (Wildman–Crippen MR) is 122 cm³/mol. The van der Waals surface area contributed by atoms with Crippen LogP contribution in [0.25, 0.3) is 0 Å². The Labute approximate surface area is 178 Å². The number of benzene rings is 3. The fourth-order valence-corrected chi connectivity index (χ4v) is 4.44. The van der Waals surface area contributed by atoms with Crippen LogP contribution in [0.15, 0.2) is 97.3 Å². The van der Waals surface area contributed by atoms with Gasteiger partial charge in [0.1, 0.15) is 5.54 Å². The smallest absolute Gasteiger partial charge is 0.121 e. The summed E-state index contributed by atoms with van der Waals surface area (Å²) in [6.07, 6.45) is 1.93. The lowest BCUT2D eigenvalue weighted by molar-refractivity contribution is 0.215. The Bertz CT molecular complexity index is 1000. The van der Waals surface area contributed by atoms with Gasteiger partial charge in [-0.05, 0) is 23.6 Å². The normalized spacial score (nSPS) is 12.1. The number of aliphatic hydroxyl groups excluding tert-OH is 1.